The summed E-state index contributed by atoms with van der Waals surface area (Å²) in [5, 5.41) is 17.8. The summed E-state index contributed by atoms with van der Waals surface area (Å²) in [5.41, 5.74) is 2.85. The first-order valence-electron chi connectivity index (χ1n) is 27.2. The molecule has 9 heteroatoms. The number of rotatable bonds is 9. The first-order valence-corrected chi connectivity index (χ1v) is 27.2. The summed E-state index contributed by atoms with van der Waals surface area (Å²) in [6.45, 7) is 15.0. The number of piperidine rings is 4. The quantitative estimate of drug-likeness (QED) is 0.125. The van der Waals surface area contributed by atoms with E-state index in [-0.39, 0.29) is 17.8 Å². The summed E-state index contributed by atoms with van der Waals surface area (Å²) in [6, 6.07) is 27.2. The van der Waals surface area contributed by atoms with Crippen LogP contribution in [0.1, 0.15) is 173 Å². The van der Waals surface area contributed by atoms with Crippen molar-refractivity contribution in [2.45, 2.75) is 200 Å². The Labute approximate surface area is 419 Å². The van der Waals surface area contributed by atoms with Gasteiger partial charge in [-0.3, -0.25) is 19.3 Å². The van der Waals surface area contributed by atoms with Crippen LogP contribution in [0, 0.1) is 34.5 Å². The van der Waals surface area contributed by atoms with Gasteiger partial charge in [-0.25, -0.2) is 0 Å². The number of ether oxygens (including phenoxy) is 3. The highest BCUT2D eigenvalue weighted by Gasteiger charge is 2.41. The Morgan fingerprint density at radius 2 is 1.07 bits per heavy atom. The number of nitrogens with one attached hydrogen (secondary N) is 1. The zero-order valence-electron chi connectivity index (χ0n) is 43.6. The van der Waals surface area contributed by atoms with E-state index in [2.05, 4.69) is 94.2 Å². The maximum atomic E-state index is 11.6. The molecule has 0 radical (unpaired) electrons. The monoisotopic (exact) mass is 957 g/mol. The molecule has 70 heavy (non-hydrogen) atoms. The average molecular weight is 957 g/mol. The third-order valence-electron chi connectivity index (χ3n) is 17.3. The number of esters is 1. The van der Waals surface area contributed by atoms with Crippen LogP contribution in [0.25, 0.3) is 21.5 Å². The molecule has 6 aliphatic rings. The molecular weight excluding hydrogens is 873 g/mol. The highest BCUT2D eigenvalue weighted by Crippen LogP contribution is 2.42. The SMILES string of the molecule is CC(C)(C)C1CCC(Oc2ccc3cc(C=O)ccc3c2)CC1.CC(C)(C)C1CCC(Oc2ccc3cc(CN4C5CCCC4CC(C(=O)O)C5)ccc3c2)CC1.COC(=O)C1CC2CCCC(C1)N2. The minimum Gasteiger partial charge on any atom is -0.490 e. The number of aliphatic carboxylic acids is 1. The van der Waals surface area contributed by atoms with Gasteiger partial charge in [0.2, 0.25) is 0 Å². The lowest BCUT2D eigenvalue weighted by Crippen LogP contribution is -2.52. The number of hydrogen-bond donors (Lipinski definition) is 2. The number of hydrogen-bond acceptors (Lipinski definition) is 8. The van der Waals surface area contributed by atoms with Crippen molar-refractivity contribution in [3.8, 4) is 11.5 Å². The van der Waals surface area contributed by atoms with Crippen LogP contribution in [0.4, 0.5) is 0 Å². The molecule has 4 bridgehead atoms. The molecule has 380 valence electrons. The molecule has 2 aliphatic carbocycles. The molecule has 10 rings (SSSR count). The van der Waals surface area contributed by atoms with Crippen LogP contribution >= 0.6 is 0 Å². The number of carboxylic acid groups (broad SMARTS) is 1. The summed E-state index contributed by atoms with van der Waals surface area (Å²) < 4.78 is 17.4. The molecule has 4 atom stereocenters. The number of carbonyl (C=O) groups is 3. The number of aldehydes is 1. The third kappa shape index (κ3) is 13.5. The van der Waals surface area contributed by atoms with Gasteiger partial charge in [-0.2, -0.15) is 0 Å². The van der Waals surface area contributed by atoms with Crippen LogP contribution in [0.15, 0.2) is 72.8 Å². The van der Waals surface area contributed by atoms with Gasteiger partial charge in [0.05, 0.1) is 31.2 Å². The lowest BCUT2D eigenvalue weighted by atomic mass is 9.72. The van der Waals surface area contributed by atoms with Crippen molar-refractivity contribution in [3.05, 3.63) is 83.9 Å². The lowest BCUT2D eigenvalue weighted by molar-refractivity contribution is -0.148. The standard InChI is InChI=1S/C30H41NO3.C21H26O2.C10H17NO2/c1-30(2,3)24-10-13-27(14-11-24)34-28-12-9-21-15-20(7-8-22(21)18-28)19-31-25-5-4-6-26(31)17-23(16-25)29(32)33;1-21(2,3)18-7-10-19(11-8-18)23-20-9-6-16-12-15(14-22)4-5-17(16)13-20;1-13-10(12)7-5-8-3-2-4-9(6-7)11-8/h7-9,12,15,18,23-27H,4-6,10-11,13-14,16-17,19H2,1-3H3,(H,32,33);4-6,9,12-14,18-19H,7-8,10-11H2,1-3H3;7-9,11H,2-6H2,1H3. The van der Waals surface area contributed by atoms with E-state index in [9.17, 15) is 19.5 Å². The van der Waals surface area contributed by atoms with E-state index in [4.69, 9.17) is 14.2 Å². The van der Waals surface area contributed by atoms with Crippen LogP contribution in [-0.2, 0) is 20.9 Å². The molecule has 0 spiro atoms. The number of nitrogens with zero attached hydrogens (tertiary/aromatic N) is 1. The van der Waals surface area contributed by atoms with Crippen LogP contribution in [0.5, 0.6) is 11.5 Å². The molecule has 2 N–H and O–H groups in total. The summed E-state index contributed by atoms with van der Waals surface area (Å²) in [4.78, 5) is 36.4. The minimum atomic E-state index is -0.609. The van der Waals surface area contributed by atoms with Gasteiger partial charge in [0, 0.05) is 36.3 Å². The second kappa shape index (κ2) is 22.9. The molecule has 2 saturated carbocycles. The Morgan fingerprint density at radius 1 is 0.600 bits per heavy atom. The fraction of sp³-hybridized carbons (Fsp3) is 0.623. The number of carboxylic acids is 1. The minimum absolute atomic E-state index is 0.0154. The van der Waals surface area contributed by atoms with Crippen LogP contribution in [-0.4, -0.2) is 71.7 Å². The van der Waals surface area contributed by atoms with E-state index in [1.165, 1.54) is 74.8 Å². The molecular formula is C61H84N2O7. The molecule has 0 aromatic heterocycles. The Hall–Kier alpha value is -4.47. The molecule has 4 unspecified atom stereocenters. The van der Waals surface area contributed by atoms with Gasteiger partial charge < -0.3 is 24.6 Å². The highest BCUT2D eigenvalue weighted by atomic mass is 16.5. The van der Waals surface area contributed by atoms with E-state index < -0.39 is 5.97 Å². The average Bonchev–Trinajstić information content (AvgIpc) is 3.33. The maximum Gasteiger partial charge on any atom is 0.308 e. The lowest BCUT2D eigenvalue weighted by Gasteiger charge is -2.48. The van der Waals surface area contributed by atoms with Crippen molar-refractivity contribution >= 4 is 39.8 Å². The smallest absolute Gasteiger partial charge is 0.308 e. The number of fused-ring (bicyclic) bond motifs is 6. The van der Waals surface area contributed by atoms with Crippen LogP contribution < -0.4 is 14.8 Å². The predicted octanol–water partition coefficient (Wildman–Crippen LogP) is 13.8. The van der Waals surface area contributed by atoms with E-state index in [0.717, 1.165) is 111 Å². The molecule has 4 aliphatic heterocycles. The number of methoxy groups -OCH3 is 1. The fourth-order valence-electron chi connectivity index (χ4n) is 13.1. The van der Waals surface area contributed by atoms with Gasteiger partial charge in [-0.1, -0.05) is 90.8 Å². The normalized spacial score (nSPS) is 29.1. The summed E-state index contributed by atoms with van der Waals surface area (Å²) in [6.07, 6.45) is 22.0. The van der Waals surface area contributed by atoms with Crippen molar-refractivity contribution in [2.75, 3.05) is 7.11 Å². The van der Waals surface area contributed by atoms with Crippen molar-refractivity contribution in [2.24, 2.45) is 34.5 Å². The zero-order chi connectivity index (χ0) is 49.6. The van der Waals surface area contributed by atoms with E-state index >= 15 is 0 Å². The number of benzene rings is 4. The van der Waals surface area contributed by atoms with E-state index in [1.807, 2.05) is 30.3 Å². The molecule has 9 nitrogen and oxygen atoms in total. The second-order valence-electron chi connectivity index (χ2n) is 24.2. The molecule has 4 heterocycles. The predicted molar refractivity (Wildman–Crippen MR) is 282 cm³/mol. The number of carbonyl (C=O) groups excluding carboxylic acids is 2. The van der Waals surface area contributed by atoms with Crippen LogP contribution in [0.3, 0.4) is 0 Å². The summed E-state index contributed by atoms with van der Waals surface area (Å²) >= 11 is 0. The van der Waals surface area contributed by atoms with Gasteiger partial charge in [0.25, 0.3) is 0 Å². The van der Waals surface area contributed by atoms with Crippen molar-refractivity contribution in [3.63, 3.8) is 0 Å². The second-order valence-corrected chi connectivity index (χ2v) is 24.2. The highest BCUT2D eigenvalue weighted by molar-refractivity contribution is 5.89. The Bertz CT molecular complexity index is 2360. The topological polar surface area (TPSA) is 114 Å². The maximum absolute atomic E-state index is 11.6. The molecule has 0 amide bonds. The van der Waals surface area contributed by atoms with Crippen LogP contribution in [0.2, 0.25) is 0 Å². The summed E-state index contributed by atoms with van der Waals surface area (Å²) in [5.74, 6) is 2.91. The molecule has 4 saturated heterocycles. The zero-order valence-corrected chi connectivity index (χ0v) is 43.6. The largest absolute Gasteiger partial charge is 0.490 e. The van der Waals surface area contributed by atoms with Gasteiger partial charge >= 0.3 is 11.9 Å². The Morgan fingerprint density at radius 3 is 1.56 bits per heavy atom. The van der Waals surface area contributed by atoms with Gasteiger partial charge in [0.1, 0.15) is 17.8 Å². The Balaban J connectivity index is 0.000000157. The van der Waals surface area contributed by atoms with Gasteiger partial charge in [-0.15, -0.1) is 0 Å². The van der Waals surface area contributed by atoms with E-state index in [1.54, 1.807) is 0 Å². The third-order valence-corrected chi connectivity index (χ3v) is 17.3. The fourth-order valence-corrected chi connectivity index (χ4v) is 13.1. The van der Waals surface area contributed by atoms with Gasteiger partial charge in [0.15, 0.2) is 0 Å². The molecule has 4 aromatic carbocycles. The van der Waals surface area contributed by atoms with Crippen molar-refractivity contribution in [1.29, 1.82) is 0 Å². The molecule has 4 aromatic rings. The molecule has 6 fully saturated rings. The van der Waals surface area contributed by atoms with Crippen molar-refractivity contribution in [1.82, 2.24) is 10.2 Å². The Kier molecular flexibility index (Phi) is 17.0. The first kappa shape index (κ1) is 51.9. The van der Waals surface area contributed by atoms with Crippen molar-refractivity contribution < 1.29 is 33.7 Å². The summed E-state index contributed by atoms with van der Waals surface area (Å²) in [7, 11) is 1.49. The first-order chi connectivity index (χ1) is 33.5. The van der Waals surface area contributed by atoms with E-state index in [0.29, 0.717) is 52.8 Å². The van der Waals surface area contributed by atoms with Gasteiger partial charge in [-0.05, 0) is 189 Å².